The van der Waals surface area contributed by atoms with Crippen LogP contribution in [0.4, 0.5) is 4.39 Å². The van der Waals surface area contributed by atoms with Crippen molar-refractivity contribution in [1.82, 2.24) is 5.32 Å². The number of halogens is 1. The molecule has 0 heterocycles. The standard InChI is InChI=1S/C11H20FNO3S/c1-3-10(15)13-8(6-17)11(16)7(2)9(14)4-5-12/h7-9,14,17H,3-6H2,1-2H3,(H,13,15)/t7?,8-,9-/m0/s1. The van der Waals surface area contributed by atoms with Crippen molar-refractivity contribution in [3.63, 3.8) is 0 Å². The maximum atomic E-state index is 12.1. The Morgan fingerprint density at radius 2 is 2.06 bits per heavy atom. The number of alkyl halides is 1. The van der Waals surface area contributed by atoms with Crippen molar-refractivity contribution >= 4 is 24.3 Å². The molecule has 3 atom stereocenters. The normalized spacial score (nSPS) is 16.1. The van der Waals surface area contributed by atoms with Crippen LogP contribution < -0.4 is 5.32 Å². The number of amides is 1. The highest BCUT2D eigenvalue weighted by Gasteiger charge is 2.28. The zero-order valence-electron chi connectivity index (χ0n) is 10.1. The van der Waals surface area contributed by atoms with Crippen LogP contribution in [0.15, 0.2) is 0 Å². The Kier molecular flexibility index (Phi) is 8.16. The molecule has 0 aliphatic rings. The molecule has 4 nitrogen and oxygen atoms in total. The summed E-state index contributed by atoms with van der Waals surface area (Å²) in [4.78, 5) is 23.1. The molecule has 0 aromatic carbocycles. The van der Waals surface area contributed by atoms with E-state index in [4.69, 9.17) is 0 Å². The average Bonchev–Trinajstić information content (AvgIpc) is 2.33. The van der Waals surface area contributed by atoms with Gasteiger partial charge in [-0.3, -0.25) is 14.0 Å². The first-order valence-corrected chi connectivity index (χ1v) is 6.29. The molecule has 0 bridgehead atoms. The van der Waals surface area contributed by atoms with Gasteiger partial charge in [0.25, 0.3) is 0 Å². The number of hydrogen-bond acceptors (Lipinski definition) is 4. The Hall–Kier alpha value is -0.620. The summed E-state index contributed by atoms with van der Waals surface area (Å²) in [5.74, 6) is -1.11. The topological polar surface area (TPSA) is 66.4 Å². The zero-order valence-corrected chi connectivity index (χ0v) is 11.0. The van der Waals surface area contributed by atoms with Gasteiger partial charge in [0.15, 0.2) is 5.78 Å². The lowest BCUT2D eigenvalue weighted by atomic mass is 9.93. The number of ketones is 1. The molecule has 0 spiro atoms. The van der Waals surface area contributed by atoms with E-state index in [-0.39, 0.29) is 30.3 Å². The fraction of sp³-hybridized carbons (Fsp3) is 0.818. The van der Waals surface area contributed by atoms with Gasteiger partial charge in [-0.2, -0.15) is 12.6 Å². The minimum Gasteiger partial charge on any atom is -0.392 e. The van der Waals surface area contributed by atoms with E-state index in [1.54, 1.807) is 6.92 Å². The van der Waals surface area contributed by atoms with Crippen molar-refractivity contribution in [2.75, 3.05) is 12.4 Å². The van der Waals surface area contributed by atoms with E-state index in [1.165, 1.54) is 6.92 Å². The summed E-state index contributed by atoms with van der Waals surface area (Å²) in [6, 6.07) is -0.727. The number of nitrogens with one attached hydrogen (secondary N) is 1. The number of rotatable bonds is 8. The molecular weight excluding hydrogens is 245 g/mol. The van der Waals surface area contributed by atoms with Crippen LogP contribution in [-0.2, 0) is 9.59 Å². The van der Waals surface area contributed by atoms with Gasteiger partial charge in [0.05, 0.1) is 18.8 Å². The summed E-state index contributed by atoms with van der Waals surface area (Å²) in [7, 11) is 0. The Morgan fingerprint density at radius 1 is 1.47 bits per heavy atom. The molecule has 1 amide bonds. The van der Waals surface area contributed by atoms with Gasteiger partial charge in [0, 0.05) is 24.5 Å². The van der Waals surface area contributed by atoms with E-state index in [2.05, 4.69) is 17.9 Å². The van der Waals surface area contributed by atoms with Crippen LogP contribution in [0.1, 0.15) is 26.7 Å². The Morgan fingerprint density at radius 3 is 2.47 bits per heavy atom. The van der Waals surface area contributed by atoms with E-state index in [1.807, 2.05) is 0 Å². The van der Waals surface area contributed by atoms with Crippen LogP contribution in [0.25, 0.3) is 0 Å². The van der Waals surface area contributed by atoms with Gasteiger partial charge in [0.1, 0.15) is 0 Å². The van der Waals surface area contributed by atoms with Crippen LogP contribution in [-0.4, -0.2) is 41.4 Å². The molecule has 100 valence electrons. The van der Waals surface area contributed by atoms with Gasteiger partial charge in [-0.15, -0.1) is 0 Å². The van der Waals surface area contributed by atoms with Gasteiger partial charge in [-0.05, 0) is 0 Å². The van der Waals surface area contributed by atoms with Crippen molar-refractivity contribution in [2.24, 2.45) is 5.92 Å². The third kappa shape index (κ3) is 5.50. The minimum absolute atomic E-state index is 0.0755. The molecular formula is C11H20FNO3S. The largest absolute Gasteiger partial charge is 0.392 e. The van der Waals surface area contributed by atoms with Gasteiger partial charge in [-0.25, -0.2) is 0 Å². The lowest BCUT2D eigenvalue weighted by Crippen LogP contribution is -2.46. The summed E-state index contributed by atoms with van der Waals surface area (Å²) < 4.78 is 12.1. The molecule has 6 heteroatoms. The van der Waals surface area contributed by atoms with Crippen molar-refractivity contribution in [1.29, 1.82) is 0 Å². The maximum absolute atomic E-state index is 12.1. The summed E-state index contributed by atoms with van der Waals surface area (Å²) in [5, 5.41) is 12.0. The molecule has 0 fully saturated rings. The second-order valence-electron chi connectivity index (χ2n) is 3.89. The SMILES string of the molecule is CCC(=O)N[C@@H](CS)C(=O)C(C)[C@@H](O)CCF. The van der Waals surface area contributed by atoms with Gasteiger partial charge in [-0.1, -0.05) is 13.8 Å². The number of aliphatic hydroxyl groups excluding tert-OH is 1. The molecule has 0 aliphatic heterocycles. The predicted molar refractivity (Wildman–Crippen MR) is 66.8 cm³/mol. The number of Topliss-reactive ketones (excluding diaryl/α,β-unsaturated/α-hetero) is 1. The van der Waals surface area contributed by atoms with Crippen LogP contribution in [0.5, 0.6) is 0 Å². The molecule has 1 unspecified atom stereocenters. The monoisotopic (exact) mass is 265 g/mol. The summed E-state index contributed by atoms with van der Waals surface area (Å²) in [6.07, 6.45) is -0.819. The van der Waals surface area contributed by atoms with E-state index < -0.39 is 24.7 Å². The third-order valence-corrected chi connectivity index (χ3v) is 2.98. The van der Waals surface area contributed by atoms with Gasteiger partial charge < -0.3 is 10.4 Å². The quantitative estimate of drug-likeness (QED) is 0.567. The molecule has 0 aromatic rings. The first kappa shape index (κ1) is 16.4. The fourth-order valence-electron chi connectivity index (χ4n) is 1.37. The first-order valence-electron chi connectivity index (χ1n) is 5.65. The summed E-state index contributed by atoms with van der Waals surface area (Å²) >= 11 is 3.99. The van der Waals surface area contributed by atoms with Gasteiger partial charge >= 0.3 is 0 Å². The van der Waals surface area contributed by atoms with Crippen LogP contribution in [0, 0.1) is 5.92 Å². The average molecular weight is 265 g/mol. The number of thiol groups is 1. The molecule has 0 radical (unpaired) electrons. The first-order chi connectivity index (χ1) is 7.97. The number of aliphatic hydroxyl groups is 1. The molecule has 17 heavy (non-hydrogen) atoms. The highest BCUT2D eigenvalue weighted by Crippen LogP contribution is 2.11. The van der Waals surface area contributed by atoms with E-state index in [9.17, 15) is 19.1 Å². The molecule has 2 N–H and O–H groups in total. The Bertz CT molecular complexity index is 263. The fourth-order valence-corrected chi connectivity index (χ4v) is 1.64. The van der Waals surface area contributed by atoms with Crippen LogP contribution >= 0.6 is 12.6 Å². The van der Waals surface area contributed by atoms with E-state index >= 15 is 0 Å². The molecule has 0 rings (SSSR count). The zero-order chi connectivity index (χ0) is 13.4. The second-order valence-corrected chi connectivity index (χ2v) is 4.26. The van der Waals surface area contributed by atoms with Crippen LogP contribution in [0.3, 0.4) is 0 Å². The maximum Gasteiger partial charge on any atom is 0.220 e. The molecule has 0 saturated carbocycles. The molecule has 0 aliphatic carbocycles. The molecule has 0 aromatic heterocycles. The lowest BCUT2D eigenvalue weighted by Gasteiger charge is -2.22. The van der Waals surface area contributed by atoms with Crippen molar-refractivity contribution in [2.45, 2.75) is 38.8 Å². The number of hydrogen-bond donors (Lipinski definition) is 3. The number of carbonyl (C=O) groups is 2. The van der Waals surface area contributed by atoms with E-state index in [0.29, 0.717) is 0 Å². The Balaban J connectivity index is 4.46. The minimum atomic E-state index is -1.02. The van der Waals surface area contributed by atoms with Crippen molar-refractivity contribution < 1.29 is 19.1 Å². The van der Waals surface area contributed by atoms with Gasteiger partial charge in [0.2, 0.25) is 5.91 Å². The molecule has 0 saturated heterocycles. The highest BCUT2D eigenvalue weighted by molar-refractivity contribution is 7.80. The summed E-state index contributed by atoms with van der Waals surface area (Å²) in [6.45, 7) is 2.53. The Labute approximate surface area is 106 Å². The smallest absolute Gasteiger partial charge is 0.220 e. The highest BCUT2D eigenvalue weighted by atomic mass is 32.1. The van der Waals surface area contributed by atoms with Crippen molar-refractivity contribution in [3.8, 4) is 0 Å². The lowest BCUT2D eigenvalue weighted by molar-refractivity contribution is -0.131. The van der Waals surface area contributed by atoms with Crippen LogP contribution in [0.2, 0.25) is 0 Å². The summed E-state index contributed by atoms with van der Waals surface area (Å²) in [5.41, 5.74) is 0. The third-order valence-electron chi connectivity index (χ3n) is 2.61. The number of carbonyl (C=O) groups excluding carboxylic acids is 2. The second kappa shape index (κ2) is 8.47. The van der Waals surface area contributed by atoms with Crippen molar-refractivity contribution in [3.05, 3.63) is 0 Å². The van der Waals surface area contributed by atoms with E-state index in [0.717, 1.165) is 0 Å². The predicted octanol–water partition coefficient (Wildman–Crippen LogP) is 0.737.